The minimum atomic E-state index is -0.782. The minimum Gasteiger partial charge on any atom is -0.393 e. The van der Waals surface area contributed by atoms with Crippen LogP contribution in [0, 0.1) is 5.95 Å². The van der Waals surface area contributed by atoms with Crippen LogP contribution in [0.5, 0.6) is 0 Å². The summed E-state index contributed by atoms with van der Waals surface area (Å²) in [5.41, 5.74) is 4.84. The molecule has 1 rings (SSSR count). The lowest BCUT2D eigenvalue weighted by molar-refractivity contribution is 0.585. The normalized spacial score (nSPS) is 9.56. The van der Waals surface area contributed by atoms with Gasteiger partial charge in [0.05, 0.1) is 0 Å². The van der Waals surface area contributed by atoms with Crippen molar-refractivity contribution < 1.29 is 4.39 Å². The fourth-order valence-corrected chi connectivity index (χ4v) is 0.476. The highest BCUT2D eigenvalue weighted by Crippen LogP contribution is 2.14. The Morgan fingerprint density at radius 3 is 2.67 bits per heavy atom. The number of nitrogen functional groups attached to an aromatic ring is 1. The number of hydrogen-bond donors (Lipinski definition) is 1. The molecule has 1 aromatic rings. The topological polar surface area (TPSA) is 51.8 Å². The number of hydrogen-bond acceptors (Lipinski definition) is 3. The third-order valence-corrected chi connectivity index (χ3v) is 1.09. The quantitative estimate of drug-likeness (QED) is 0.554. The van der Waals surface area contributed by atoms with Crippen LogP contribution >= 0.6 is 11.6 Å². The van der Waals surface area contributed by atoms with Crippen LogP contribution in [-0.2, 0) is 0 Å². The van der Waals surface area contributed by atoms with Gasteiger partial charge in [0.25, 0.3) is 0 Å². The van der Waals surface area contributed by atoms with E-state index in [9.17, 15) is 4.39 Å². The molecule has 0 saturated carbocycles. The summed E-state index contributed by atoms with van der Waals surface area (Å²) in [6.45, 7) is 0. The van der Waals surface area contributed by atoms with Gasteiger partial charge >= 0.3 is 0 Å². The van der Waals surface area contributed by atoms with Gasteiger partial charge in [-0.15, -0.1) is 0 Å². The summed E-state index contributed by atoms with van der Waals surface area (Å²) in [5, 5.41) is -0.0532. The first-order valence-electron chi connectivity index (χ1n) is 2.13. The molecular weight excluding hydrogens is 145 g/mol. The predicted octanol–water partition coefficient (Wildman–Crippen LogP) is 0.851. The molecule has 0 spiro atoms. The van der Waals surface area contributed by atoms with E-state index in [2.05, 4.69) is 9.97 Å². The van der Waals surface area contributed by atoms with E-state index in [-0.39, 0.29) is 10.8 Å². The van der Waals surface area contributed by atoms with Crippen molar-refractivity contribution in [3.63, 3.8) is 0 Å². The van der Waals surface area contributed by atoms with Crippen LogP contribution in [0.3, 0.4) is 0 Å². The van der Waals surface area contributed by atoms with Crippen molar-refractivity contribution in [3.8, 4) is 0 Å². The number of halogens is 2. The van der Waals surface area contributed by atoms with Crippen molar-refractivity contribution in [1.82, 2.24) is 9.97 Å². The monoisotopic (exact) mass is 147 g/mol. The second kappa shape index (κ2) is 2.14. The summed E-state index contributed by atoms with van der Waals surface area (Å²) in [4.78, 5) is 6.58. The number of anilines is 1. The van der Waals surface area contributed by atoms with Crippen LogP contribution in [0.2, 0.25) is 5.15 Å². The second-order valence-electron chi connectivity index (χ2n) is 1.37. The smallest absolute Gasteiger partial charge is 0.240 e. The second-order valence-corrected chi connectivity index (χ2v) is 1.73. The molecule has 0 aliphatic carbocycles. The largest absolute Gasteiger partial charge is 0.393 e. The minimum absolute atomic E-state index is 0.0532. The van der Waals surface area contributed by atoms with Crippen LogP contribution in [-0.4, -0.2) is 9.97 Å². The molecule has 0 unspecified atom stereocenters. The highest BCUT2D eigenvalue weighted by Gasteiger charge is 2.02. The zero-order valence-corrected chi connectivity index (χ0v) is 5.06. The van der Waals surface area contributed by atoms with Crippen molar-refractivity contribution >= 4 is 17.3 Å². The Balaban J connectivity index is 3.25. The molecule has 5 heteroatoms. The first-order valence-corrected chi connectivity index (χ1v) is 2.51. The number of aromatic nitrogens is 2. The Morgan fingerprint density at radius 1 is 1.56 bits per heavy atom. The van der Waals surface area contributed by atoms with E-state index >= 15 is 0 Å². The Labute approximate surface area is 55.7 Å². The van der Waals surface area contributed by atoms with Gasteiger partial charge in [0.2, 0.25) is 5.95 Å². The van der Waals surface area contributed by atoms with Gasteiger partial charge in [0.1, 0.15) is 12.0 Å². The number of rotatable bonds is 0. The molecule has 0 atom stereocenters. The summed E-state index contributed by atoms with van der Waals surface area (Å²) in [5.74, 6) is -0.782. The fourth-order valence-electron chi connectivity index (χ4n) is 0.354. The zero-order valence-electron chi connectivity index (χ0n) is 4.31. The van der Waals surface area contributed by atoms with Gasteiger partial charge in [-0.25, -0.2) is 9.97 Å². The third kappa shape index (κ3) is 1.08. The van der Waals surface area contributed by atoms with Crippen molar-refractivity contribution in [3.05, 3.63) is 17.4 Å². The number of nitrogens with two attached hydrogens (primary N) is 1. The molecular formula is C4H3ClFN3. The maximum absolute atomic E-state index is 12.2. The van der Waals surface area contributed by atoms with E-state index in [0.717, 1.165) is 6.33 Å². The molecule has 0 aliphatic rings. The molecule has 1 aromatic heterocycles. The Bertz CT molecular complexity index is 207. The third-order valence-electron chi connectivity index (χ3n) is 0.787. The highest BCUT2D eigenvalue weighted by atomic mass is 35.5. The van der Waals surface area contributed by atoms with Gasteiger partial charge in [-0.3, -0.25) is 0 Å². The SMILES string of the molecule is Nc1c(F)ncnc1Cl. The van der Waals surface area contributed by atoms with E-state index in [4.69, 9.17) is 17.3 Å². The molecule has 0 bridgehead atoms. The lowest BCUT2D eigenvalue weighted by atomic mass is 10.5. The van der Waals surface area contributed by atoms with E-state index in [0.29, 0.717) is 0 Å². The van der Waals surface area contributed by atoms with Crippen LogP contribution in [0.1, 0.15) is 0 Å². The van der Waals surface area contributed by atoms with Gasteiger partial charge in [0.15, 0.2) is 5.15 Å². The lowest BCUT2D eigenvalue weighted by Gasteiger charge is -1.93. The van der Waals surface area contributed by atoms with Crippen LogP contribution in [0.4, 0.5) is 10.1 Å². The molecule has 2 N–H and O–H groups in total. The molecule has 0 amide bonds. The van der Waals surface area contributed by atoms with Gasteiger partial charge in [0, 0.05) is 0 Å². The maximum Gasteiger partial charge on any atom is 0.240 e. The summed E-state index contributed by atoms with van der Waals surface area (Å²) < 4.78 is 12.2. The summed E-state index contributed by atoms with van der Waals surface area (Å²) >= 11 is 5.30. The van der Waals surface area contributed by atoms with E-state index in [1.165, 1.54) is 0 Å². The molecule has 0 radical (unpaired) electrons. The summed E-state index contributed by atoms with van der Waals surface area (Å²) in [6.07, 6.45) is 1.01. The van der Waals surface area contributed by atoms with Crippen molar-refractivity contribution in [2.45, 2.75) is 0 Å². The van der Waals surface area contributed by atoms with Gasteiger partial charge in [-0.1, -0.05) is 11.6 Å². The van der Waals surface area contributed by atoms with E-state index in [1.807, 2.05) is 0 Å². The predicted molar refractivity (Wildman–Crippen MR) is 31.4 cm³/mol. The van der Waals surface area contributed by atoms with Crippen molar-refractivity contribution in [2.75, 3.05) is 5.73 Å². The van der Waals surface area contributed by atoms with Gasteiger partial charge in [-0.05, 0) is 0 Å². The zero-order chi connectivity index (χ0) is 6.85. The Kier molecular flexibility index (Phi) is 1.48. The van der Waals surface area contributed by atoms with Crippen LogP contribution in [0.15, 0.2) is 6.33 Å². The summed E-state index contributed by atoms with van der Waals surface area (Å²) in [6, 6.07) is 0. The molecule has 9 heavy (non-hydrogen) atoms. The summed E-state index contributed by atoms with van der Waals surface area (Å²) in [7, 11) is 0. The molecule has 0 saturated heterocycles. The first-order chi connectivity index (χ1) is 4.22. The fraction of sp³-hybridized carbons (Fsp3) is 0. The molecule has 3 nitrogen and oxygen atoms in total. The van der Waals surface area contributed by atoms with Gasteiger partial charge in [-0.2, -0.15) is 4.39 Å². The van der Waals surface area contributed by atoms with Crippen molar-refractivity contribution in [1.29, 1.82) is 0 Å². The standard InChI is InChI=1S/C4H3ClFN3/c5-3-2(7)4(6)9-1-8-3/h1H,7H2. The molecule has 48 valence electrons. The average Bonchev–Trinajstić information content (AvgIpc) is 1.83. The van der Waals surface area contributed by atoms with Crippen LogP contribution in [0.25, 0.3) is 0 Å². The lowest BCUT2D eigenvalue weighted by Crippen LogP contribution is -1.95. The van der Waals surface area contributed by atoms with Gasteiger partial charge < -0.3 is 5.73 Å². The van der Waals surface area contributed by atoms with Crippen LogP contribution < -0.4 is 5.73 Å². The maximum atomic E-state index is 12.2. The van der Waals surface area contributed by atoms with E-state index < -0.39 is 5.95 Å². The Hall–Kier alpha value is -0.900. The van der Waals surface area contributed by atoms with Crippen molar-refractivity contribution in [2.24, 2.45) is 0 Å². The number of nitrogens with zero attached hydrogens (tertiary/aromatic N) is 2. The molecule has 0 aliphatic heterocycles. The molecule has 0 fully saturated rings. The molecule has 0 aromatic carbocycles. The average molecular weight is 148 g/mol. The first kappa shape index (κ1) is 6.22. The highest BCUT2D eigenvalue weighted by molar-refractivity contribution is 6.31. The van der Waals surface area contributed by atoms with E-state index in [1.54, 1.807) is 0 Å². The molecule has 1 heterocycles. The Morgan fingerprint density at radius 2 is 2.22 bits per heavy atom.